The van der Waals surface area contributed by atoms with Gasteiger partial charge in [0.25, 0.3) is 0 Å². The molecule has 0 saturated heterocycles. The molecule has 0 aliphatic carbocycles. The van der Waals surface area contributed by atoms with E-state index in [1.807, 2.05) is 12.1 Å². The molecule has 9 nitrogen and oxygen atoms in total. The fraction of sp³-hybridized carbons (Fsp3) is 0.480. The number of ether oxygens (including phenoxy) is 1. The zero-order valence-electron chi connectivity index (χ0n) is 19.5. The van der Waals surface area contributed by atoms with E-state index >= 15 is 0 Å². The smallest absolute Gasteiger partial charge is 0.303 e. The van der Waals surface area contributed by atoms with Crippen LogP contribution in [0.25, 0.3) is 0 Å². The van der Waals surface area contributed by atoms with E-state index in [1.54, 1.807) is 0 Å². The molecule has 2 aromatic carbocycles. The predicted molar refractivity (Wildman–Crippen MR) is 129 cm³/mol. The van der Waals surface area contributed by atoms with Gasteiger partial charge in [0.2, 0.25) is 5.36 Å². The Bertz CT molecular complexity index is 1400. The summed E-state index contributed by atoms with van der Waals surface area (Å²) >= 11 is 0. The fourth-order valence-corrected chi connectivity index (χ4v) is 5.74. The molecule has 3 aliphatic rings. The van der Waals surface area contributed by atoms with Gasteiger partial charge in [-0.05, 0) is 43.4 Å². The van der Waals surface area contributed by atoms with Crippen LogP contribution in [0, 0.1) is 0 Å². The van der Waals surface area contributed by atoms with Crippen LogP contribution in [0.4, 0.5) is 11.4 Å². The molecule has 3 aliphatic heterocycles. The summed E-state index contributed by atoms with van der Waals surface area (Å²) in [4.78, 5) is 17.9. The molecule has 35 heavy (non-hydrogen) atoms. The van der Waals surface area contributed by atoms with Crippen LogP contribution in [0.2, 0.25) is 0 Å². The van der Waals surface area contributed by atoms with E-state index in [4.69, 9.17) is 14.8 Å². The summed E-state index contributed by atoms with van der Waals surface area (Å²) < 4.78 is 41.6. The van der Waals surface area contributed by atoms with Crippen molar-refractivity contribution in [1.29, 1.82) is 0 Å². The minimum absolute atomic E-state index is 0.151. The van der Waals surface area contributed by atoms with Gasteiger partial charge in [-0.3, -0.25) is 4.79 Å². The number of nitrogens with zero attached hydrogens (tertiary/aromatic N) is 3. The van der Waals surface area contributed by atoms with Gasteiger partial charge in [0.15, 0.2) is 11.5 Å². The third-order valence-electron chi connectivity index (χ3n) is 6.85. The van der Waals surface area contributed by atoms with Crippen molar-refractivity contribution >= 4 is 27.5 Å². The van der Waals surface area contributed by atoms with Crippen LogP contribution in [-0.2, 0) is 27.8 Å². The number of anilines is 1. The molecular formula is C25H29N3O6S. The SMILES string of the molecule is O=C(O)CCC[N+]1=c2cc3c(cc2CCC1)=Nc1cc2c(cc1O3)N(CCCS(=O)(=O)[O-])CCC2. The zero-order valence-corrected chi connectivity index (χ0v) is 20.3. The van der Waals surface area contributed by atoms with E-state index in [-0.39, 0.29) is 12.2 Å². The standard InChI is InChI=1S/C25H29N3O6S/c29-25(30)7-3-10-27-8-1-5-17-13-19-23(15-21(17)27)34-24-16-22-18(14-20(24)26-19)6-2-9-28(22)11-4-12-35(31,32)33/h13-16H,1-12H2,(H-,29,30,31,32,33). The van der Waals surface area contributed by atoms with E-state index in [0.29, 0.717) is 37.4 Å². The molecule has 10 heteroatoms. The molecule has 1 N–H and O–H groups in total. The lowest BCUT2D eigenvalue weighted by Gasteiger charge is -2.32. The molecule has 0 spiro atoms. The van der Waals surface area contributed by atoms with E-state index in [0.717, 1.165) is 66.4 Å². The molecule has 0 saturated carbocycles. The summed E-state index contributed by atoms with van der Waals surface area (Å²) in [5.74, 6) is 0.198. The van der Waals surface area contributed by atoms with E-state index in [9.17, 15) is 17.8 Å². The van der Waals surface area contributed by atoms with Gasteiger partial charge in [0.1, 0.15) is 24.1 Å². The predicted octanol–water partition coefficient (Wildman–Crippen LogP) is 1.73. The van der Waals surface area contributed by atoms with Gasteiger partial charge in [-0.25, -0.2) is 18.0 Å². The molecule has 0 aromatic heterocycles. The molecule has 0 bridgehead atoms. The molecule has 0 atom stereocenters. The normalized spacial score (nSPS) is 16.4. The van der Waals surface area contributed by atoms with Crippen molar-refractivity contribution in [2.24, 2.45) is 4.99 Å². The average molecular weight is 500 g/mol. The average Bonchev–Trinajstić information content (AvgIpc) is 2.79. The lowest BCUT2D eigenvalue weighted by molar-refractivity contribution is -0.137. The second-order valence-corrected chi connectivity index (χ2v) is 10.9. The molecule has 0 fully saturated rings. The highest BCUT2D eigenvalue weighted by Gasteiger charge is 2.24. The summed E-state index contributed by atoms with van der Waals surface area (Å²) in [7, 11) is -4.22. The number of carboxylic acid groups (broad SMARTS) is 1. The number of hydrogen-bond donors (Lipinski definition) is 1. The summed E-state index contributed by atoms with van der Waals surface area (Å²) in [6.45, 7) is 2.88. The summed E-state index contributed by atoms with van der Waals surface area (Å²) in [6, 6.07) is 8.15. The minimum Gasteiger partial charge on any atom is -0.748 e. The summed E-state index contributed by atoms with van der Waals surface area (Å²) in [5.41, 5.74) is 4.15. The van der Waals surface area contributed by atoms with Crippen molar-refractivity contribution in [2.45, 2.75) is 44.9 Å². The monoisotopic (exact) mass is 499 g/mol. The van der Waals surface area contributed by atoms with Gasteiger partial charge in [-0.1, -0.05) is 0 Å². The van der Waals surface area contributed by atoms with Gasteiger partial charge in [-0.15, -0.1) is 0 Å². The van der Waals surface area contributed by atoms with Crippen molar-refractivity contribution in [2.75, 3.05) is 36.8 Å². The largest absolute Gasteiger partial charge is 0.748 e. The highest BCUT2D eigenvalue weighted by molar-refractivity contribution is 7.85. The Kier molecular flexibility index (Phi) is 6.50. The van der Waals surface area contributed by atoms with E-state index < -0.39 is 16.1 Å². The number of rotatable bonds is 8. The maximum absolute atomic E-state index is 11.0. The number of hydrogen-bond acceptors (Lipinski definition) is 7. The van der Waals surface area contributed by atoms with Crippen LogP contribution in [0.15, 0.2) is 29.3 Å². The Morgan fingerprint density at radius 3 is 2.74 bits per heavy atom. The van der Waals surface area contributed by atoms with Gasteiger partial charge >= 0.3 is 5.97 Å². The van der Waals surface area contributed by atoms with Crippen LogP contribution in [0.3, 0.4) is 0 Å². The Labute approximate surface area is 204 Å². The number of fused-ring (bicyclic) bond motifs is 4. The third-order valence-corrected chi connectivity index (χ3v) is 7.64. The summed E-state index contributed by atoms with van der Waals surface area (Å²) in [6.07, 6.45) is 4.88. The van der Waals surface area contributed by atoms with Crippen LogP contribution in [0.1, 0.15) is 43.2 Å². The van der Waals surface area contributed by atoms with E-state index in [1.165, 1.54) is 5.56 Å². The van der Waals surface area contributed by atoms with Gasteiger partial charge < -0.3 is 19.3 Å². The van der Waals surface area contributed by atoms with Crippen molar-refractivity contribution in [1.82, 2.24) is 4.58 Å². The van der Waals surface area contributed by atoms with Gasteiger partial charge in [-0.2, -0.15) is 0 Å². The van der Waals surface area contributed by atoms with Gasteiger partial charge in [0, 0.05) is 49.0 Å². The first-order valence-electron chi connectivity index (χ1n) is 12.2. The topological polar surface area (TPSA) is 122 Å². The number of carbonyl (C=O) groups is 1. The van der Waals surface area contributed by atoms with Crippen LogP contribution in [0.5, 0.6) is 11.5 Å². The van der Waals surface area contributed by atoms with E-state index in [2.05, 4.69) is 21.6 Å². The molecule has 186 valence electrons. The first kappa shape index (κ1) is 23.7. The Morgan fingerprint density at radius 2 is 1.94 bits per heavy atom. The van der Waals surface area contributed by atoms with Crippen molar-refractivity contribution in [3.8, 4) is 11.5 Å². The third kappa shape index (κ3) is 5.33. The molecule has 0 amide bonds. The molecule has 0 unspecified atom stereocenters. The van der Waals surface area contributed by atoms with Crippen molar-refractivity contribution < 1.29 is 27.6 Å². The second kappa shape index (κ2) is 9.58. The molecule has 0 radical (unpaired) electrons. The molecule has 5 rings (SSSR count). The van der Waals surface area contributed by atoms with Gasteiger partial charge in [0.05, 0.1) is 22.6 Å². The lowest BCUT2D eigenvalue weighted by Crippen LogP contribution is -2.39. The highest BCUT2D eigenvalue weighted by atomic mass is 32.2. The number of aliphatic carboxylic acids is 1. The number of aryl methyl sites for hydroxylation is 2. The fourth-order valence-electron chi connectivity index (χ4n) is 5.26. The Morgan fingerprint density at radius 1 is 1.11 bits per heavy atom. The maximum Gasteiger partial charge on any atom is 0.303 e. The Hall–Kier alpha value is -2.98. The maximum atomic E-state index is 11.0. The van der Waals surface area contributed by atoms with Crippen LogP contribution < -0.4 is 24.9 Å². The van der Waals surface area contributed by atoms with Crippen molar-refractivity contribution in [3.05, 3.63) is 46.1 Å². The molecule has 3 heterocycles. The number of benzene rings is 2. The quantitative estimate of drug-likeness (QED) is 0.370. The van der Waals surface area contributed by atoms with Crippen LogP contribution >= 0.6 is 0 Å². The lowest BCUT2D eigenvalue weighted by atomic mass is 9.99. The first-order valence-corrected chi connectivity index (χ1v) is 13.7. The second-order valence-electron chi connectivity index (χ2n) is 9.41. The first-order chi connectivity index (χ1) is 16.8. The molecular weight excluding hydrogens is 470 g/mol. The summed E-state index contributed by atoms with van der Waals surface area (Å²) in [5, 5.41) is 10.9. The number of carboxylic acids is 1. The Balaban J connectivity index is 1.45. The molecule has 2 aromatic rings. The van der Waals surface area contributed by atoms with Crippen LogP contribution in [-0.4, -0.2) is 56.0 Å². The zero-order chi connectivity index (χ0) is 24.6. The van der Waals surface area contributed by atoms with Crippen molar-refractivity contribution in [3.63, 3.8) is 0 Å². The highest BCUT2D eigenvalue weighted by Crippen LogP contribution is 2.41. The minimum atomic E-state index is -4.22.